The van der Waals surface area contributed by atoms with Crippen LogP contribution in [0.3, 0.4) is 0 Å². The van der Waals surface area contributed by atoms with Gasteiger partial charge < -0.3 is 24.1 Å². The highest BCUT2D eigenvalue weighted by atomic mass is 16.5. The lowest BCUT2D eigenvalue weighted by Crippen LogP contribution is -2.29. The number of aliphatic hydroxyl groups is 1. The van der Waals surface area contributed by atoms with Crippen LogP contribution in [0.5, 0.6) is 5.75 Å². The van der Waals surface area contributed by atoms with Gasteiger partial charge in [-0.3, -0.25) is 0 Å². The molecule has 1 aliphatic heterocycles. The van der Waals surface area contributed by atoms with E-state index in [1.165, 1.54) is 5.57 Å². The van der Waals surface area contributed by atoms with Gasteiger partial charge in [-0.05, 0) is 37.5 Å². The molecular weight excluding hydrogens is 356 g/mol. The molecule has 5 heteroatoms. The van der Waals surface area contributed by atoms with E-state index in [1.54, 1.807) is 20.3 Å². The molecule has 0 aliphatic carbocycles. The fraction of sp³-hybridized carbons (Fsp3) is 0.478. The zero-order valence-electron chi connectivity index (χ0n) is 17.0. The number of hydrogen-bond acceptors (Lipinski definition) is 5. The molecule has 0 aromatic heterocycles. The summed E-state index contributed by atoms with van der Waals surface area (Å²) in [6, 6.07) is 7.82. The Balaban J connectivity index is 2.00. The van der Waals surface area contributed by atoms with Crippen molar-refractivity contribution in [3.8, 4) is 5.75 Å². The van der Waals surface area contributed by atoms with E-state index < -0.39 is 0 Å². The van der Waals surface area contributed by atoms with Gasteiger partial charge in [-0.15, -0.1) is 0 Å². The Labute approximate surface area is 168 Å². The number of ether oxygens (including phenoxy) is 4. The maximum absolute atomic E-state index is 9.02. The standard InChI is InChI=1S/C23H32O5/c1-18-13-15-27-21(16-18)11-12-22(26-3)23(6-4-5-14-24)28-17-19-7-9-20(25-2)10-8-19/h4-5,7-13,21-24H,6,14-17H2,1-3H3/t21-,22?,23+/m1/s1. The molecule has 0 saturated carbocycles. The average molecular weight is 389 g/mol. The third-order valence-corrected chi connectivity index (χ3v) is 4.68. The highest BCUT2D eigenvalue weighted by Gasteiger charge is 2.20. The number of benzene rings is 1. The maximum Gasteiger partial charge on any atom is 0.118 e. The smallest absolute Gasteiger partial charge is 0.118 e. The van der Waals surface area contributed by atoms with E-state index >= 15 is 0 Å². The van der Waals surface area contributed by atoms with Gasteiger partial charge in [0.2, 0.25) is 0 Å². The van der Waals surface area contributed by atoms with Crippen LogP contribution in [0.15, 0.2) is 60.2 Å². The molecule has 0 bridgehead atoms. The monoisotopic (exact) mass is 388 g/mol. The summed E-state index contributed by atoms with van der Waals surface area (Å²) < 4.78 is 22.8. The van der Waals surface area contributed by atoms with Gasteiger partial charge in [-0.25, -0.2) is 0 Å². The Bertz CT molecular complexity index is 647. The molecular formula is C23H32O5. The van der Waals surface area contributed by atoms with E-state index in [4.69, 9.17) is 24.1 Å². The number of hydrogen-bond donors (Lipinski definition) is 1. The van der Waals surface area contributed by atoms with Crippen molar-refractivity contribution >= 4 is 0 Å². The average Bonchev–Trinajstić information content (AvgIpc) is 2.72. The second-order valence-corrected chi connectivity index (χ2v) is 6.80. The number of methoxy groups -OCH3 is 2. The summed E-state index contributed by atoms with van der Waals surface area (Å²) in [6.45, 7) is 3.25. The molecule has 1 aromatic carbocycles. The van der Waals surface area contributed by atoms with Gasteiger partial charge in [0.1, 0.15) is 11.9 Å². The Morgan fingerprint density at radius 3 is 2.64 bits per heavy atom. The first kappa shape index (κ1) is 22.4. The predicted octanol–water partition coefficient (Wildman–Crippen LogP) is 3.83. The first-order valence-corrected chi connectivity index (χ1v) is 9.65. The summed E-state index contributed by atoms with van der Waals surface area (Å²) in [5, 5.41) is 9.02. The molecule has 3 atom stereocenters. The van der Waals surface area contributed by atoms with Gasteiger partial charge in [0.05, 0.1) is 39.1 Å². The third kappa shape index (κ3) is 7.60. The molecule has 0 radical (unpaired) electrons. The molecule has 1 aromatic rings. The first-order chi connectivity index (χ1) is 13.7. The summed E-state index contributed by atoms with van der Waals surface area (Å²) in [5.74, 6) is 0.820. The molecule has 2 rings (SSSR count). The lowest BCUT2D eigenvalue weighted by atomic mass is 10.0. The summed E-state index contributed by atoms with van der Waals surface area (Å²) in [4.78, 5) is 0. The molecule has 0 spiro atoms. The van der Waals surface area contributed by atoms with Crippen molar-refractivity contribution in [2.75, 3.05) is 27.4 Å². The molecule has 1 unspecified atom stereocenters. The van der Waals surface area contributed by atoms with Crippen molar-refractivity contribution in [1.29, 1.82) is 0 Å². The van der Waals surface area contributed by atoms with Crippen LogP contribution in [0.2, 0.25) is 0 Å². The summed E-state index contributed by atoms with van der Waals surface area (Å²) in [6.07, 6.45) is 11.1. The quantitative estimate of drug-likeness (QED) is 0.584. The highest BCUT2D eigenvalue weighted by molar-refractivity contribution is 5.26. The fourth-order valence-electron chi connectivity index (χ4n) is 3.01. The van der Waals surface area contributed by atoms with E-state index in [2.05, 4.69) is 19.1 Å². The molecule has 0 fully saturated rings. The van der Waals surface area contributed by atoms with E-state index in [1.807, 2.05) is 36.4 Å². The zero-order chi connectivity index (χ0) is 20.2. The minimum Gasteiger partial charge on any atom is -0.497 e. The molecule has 1 heterocycles. The van der Waals surface area contributed by atoms with Crippen LogP contribution >= 0.6 is 0 Å². The fourth-order valence-corrected chi connectivity index (χ4v) is 3.01. The second-order valence-electron chi connectivity index (χ2n) is 6.80. The lowest BCUT2D eigenvalue weighted by molar-refractivity contribution is -0.0420. The Kier molecular flexibility index (Phi) is 10.0. The van der Waals surface area contributed by atoms with Gasteiger partial charge in [-0.2, -0.15) is 0 Å². The van der Waals surface area contributed by atoms with E-state index in [9.17, 15) is 0 Å². The number of rotatable bonds is 11. The largest absolute Gasteiger partial charge is 0.497 e. The number of aliphatic hydroxyl groups excluding tert-OH is 1. The summed E-state index contributed by atoms with van der Waals surface area (Å²) in [5.41, 5.74) is 2.40. The second kappa shape index (κ2) is 12.5. The van der Waals surface area contributed by atoms with Crippen LogP contribution < -0.4 is 4.74 Å². The van der Waals surface area contributed by atoms with Crippen molar-refractivity contribution in [2.45, 2.75) is 44.7 Å². The summed E-state index contributed by atoms with van der Waals surface area (Å²) >= 11 is 0. The van der Waals surface area contributed by atoms with Gasteiger partial charge in [0, 0.05) is 7.11 Å². The Morgan fingerprint density at radius 2 is 2.00 bits per heavy atom. The normalized spacial score (nSPS) is 19.7. The van der Waals surface area contributed by atoms with Crippen LogP contribution in [-0.4, -0.2) is 50.9 Å². The molecule has 1 N–H and O–H groups in total. The van der Waals surface area contributed by atoms with Gasteiger partial charge in [0.15, 0.2) is 0 Å². The topological polar surface area (TPSA) is 57.2 Å². The van der Waals surface area contributed by atoms with Crippen LogP contribution in [0.4, 0.5) is 0 Å². The molecule has 154 valence electrons. The van der Waals surface area contributed by atoms with Crippen molar-refractivity contribution in [3.63, 3.8) is 0 Å². The molecule has 5 nitrogen and oxygen atoms in total. The predicted molar refractivity (Wildman–Crippen MR) is 110 cm³/mol. The zero-order valence-corrected chi connectivity index (χ0v) is 17.0. The van der Waals surface area contributed by atoms with E-state index in [0.29, 0.717) is 19.6 Å². The minimum absolute atomic E-state index is 0.0141. The van der Waals surface area contributed by atoms with Crippen LogP contribution in [-0.2, 0) is 20.8 Å². The van der Waals surface area contributed by atoms with E-state index in [-0.39, 0.29) is 24.9 Å². The van der Waals surface area contributed by atoms with Crippen molar-refractivity contribution in [3.05, 3.63) is 65.8 Å². The van der Waals surface area contributed by atoms with Crippen molar-refractivity contribution in [1.82, 2.24) is 0 Å². The van der Waals surface area contributed by atoms with Crippen LogP contribution in [0.25, 0.3) is 0 Å². The maximum atomic E-state index is 9.02. The molecule has 1 aliphatic rings. The SMILES string of the molecule is COc1ccc(CO[C@@H](CC=CCO)C(C=C[C@@H]2CC(C)=CCO2)OC)cc1. The van der Waals surface area contributed by atoms with Crippen molar-refractivity contribution in [2.24, 2.45) is 0 Å². The molecule has 0 amide bonds. The highest BCUT2D eigenvalue weighted by Crippen LogP contribution is 2.19. The van der Waals surface area contributed by atoms with Gasteiger partial charge in [-0.1, -0.05) is 48.1 Å². The van der Waals surface area contributed by atoms with Crippen LogP contribution in [0, 0.1) is 0 Å². The minimum atomic E-state index is -0.212. The Morgan fingerprint density at radius 1 is 1.21 bits per heavy atom. The molecule has 28 heavy (non-hydrogen) atoms. The third-order valence-electron chi connectivity index (χ3n) is 4.68. The Hall–Kier alpha value is -1.92. The van der Waals surface area contributed by atoms with Gasteiger partial charge >= 0.3 is 0 Å². The summed E-state index contributed by atoms with van der Waals surface area (Å²) in [7, 11) is 3.33. The lowest BCUT2D eigenvalue weighted by Gasteiger charge is -2.25. The van der Waals surface area contributed by atoms with Crippen LogP contribution in [0.1, 0.15) is 25.3 Å². The van der Waals surface area contributed by atoms with E-state index in [0.717, 1.165) is 17.7 Å². The molecule has 0 saturated heterocycles. The first-order valence-electron chi connectivity index (χ1n) is 9.65. The van der Waals surface area contributed by atoms with Crippen molar-refractivity contribution < 1.29 is 24.1 Å². The van der Waals surface area contributed by atoms with Gasteiger partial charge in [0.25, 0.3) is 0 Å².